The summed E-state index contributed by atoms with van der Waals surface area (Å²) in [4.78, 5) is 11.0. The smallest absolute Gasteiger partial charge is 0.405 e. The maximum Gasteiger partial charge on any atom is 0.573 e. The van der Waals surface area contributed by atoms with Crippen molar-refractivity contribution in [3.8, 4) is 11.8 Å². The number of alkyl halides is 3. The first-order chi connectivity index (χ1) is 18.2. The Bertz CT molecular complexity index is 1170. The van der Waals surface area contributed by atoms with Gasteiger partial charge in [0.2, 0.25) is 5.95 Å². The zero-order valence-electron chi connectivity index (χ0n) is 21.3. The lowest BCUT2D eigenvalue weighted by molar-refractivity contribution is -0.274. The maximum atomic E-state index is 12.8. The van der Waals surface area contributed by atoms with Crippen molar-refractivity contribution in [2.75, 3.05) is 37.4 Å². The van der Waals surface area contributed by atoms with E-state index in [1.165, 1.54) is 37.2 Å². The fourth-order valence-electron chi connectivity index (χ4n) is 7.41. The quantitative estimate of drug-likeness (QED) is 0.415. The predicted molar refractivity (Wildman–Crippen MR) is 135 cm³/mol. The van der Waals surface area contributed by atoms with Gasteiger partial charge < -0.3 is 25.4 Å². The number of aliphatic hydroxyl groups excluding tert-OH is 1. The number of hydrogen-bond acceptors (Lipinski definition) is 8. The average molecular weight is 531 g/mol. The molecule has 0 amide bonds. The highest BCUT2D eigenvalue weighted by Gasteiger charge is 2.55. The number of aromatic nitrogens is 2. The molecule has 4 saturated carbocycles. The van der Waals surface area contributed by atoms with Crippen molar-refractivity contribution in [1.29, 1.82) is 5.26 Å². The summed E-state index contributed by atoms with van der Waals surface area (Å²) >= 11 is 0. The molecule has 0 aliphatic heterocycles. The molecule has 0 spiro atoms. The van der Waals surface area contributed by atoms with E-state index >= 15 is 0 Å². The molecule has 3 unspecified atom stereocenters. The molecule has 4 aliphatic rings. The minimum Gasteiger partial charge on any atom is -0.405 e. The van der Waals surface area contributed by atoms with E-state index in [1.807, 2.05) is 0 Å². The molecule has 1 heterocycles. The number of benzene rings is 1. The molecule has 38 heavy (non-hydrogen) atoms. The summed E-state index contributed by atoms with van der Waals surface area (Å²) in [5.41, 5.74) is 0.773. The van der Waals surface area contributed by atoms with Crippen LogP contribution in [0.5, 0.6) is 5.75 Å². The van der Waals surface area contributed by atoms with E-state index in [9.17, 15) is 23.5 Å². The third kappa shape index (κ3) is 5.66. The Labute approximate surface area is 220 Å². The Morgan fingerprint density at radius 3 is 2.61 bits per heavy atom. The van der Waals surface area contributed by atoms with Gasteiger partial charge in [0, 0.05) is 31.2 Å². The van der Waals surface area contributed by atoms with Crippen LogP contribution in [-0.2, 0) is 6.54 Å². The highest BCUT2D eigenvalue weighted by molar-refractivity contribution is 5.53. The van der Waals surface area contributed by atoms with Gasteiger partial charge in [-0.25, -0.2) is 4.98 Å². The van der Waals surface area contributed by atoms with Crippen LogP contribution in [0.4, 0.5) is 24.9 Å². The highest BCUT2D eigenvalue weighted by Crippen LogP contribution is 2.60. The van der Waals surface area contributed by atoms with Crippen LogP contribution in [0.3, 0.4) is 0 Å². The molecule has 0 saturated heterocycles. The summed E-state index contributed by atoms with van der Waals surface area (Å²) in [6.07, 6.45) is 2.51. The Morgan fingerprint density at radius 1 is 1.18 bits per heavy atom. The van der Waals surface area contributed by atoms with Crippen LogP contribution in [0.2, 0.25) is 0 Å². The van der Waals surface area contributed by atoms with Gasteiger partial charge in [0.25, 0.3) is 0 Å². The van der Waals surface area contributed by atoms with Crippen molar-refractivity contribution < 1.29 is 23.0 Å². The average Bonchev–Trinajstić information content (AvgIpc) is 2.86. The summed E-state index contributed by atoms with van der Waals surface area (Å²) in [6.45, 7) is 1.60. The van der Waals surface area contributed by atoms with Crippen molar-refractivity contribution in [2.24, 2.45) is 23.2 Å². The van der Waals surface area contributed by atoms with Gasteiger partial charge in [-0.05, 0) is 68.4 Å². The second-order valence-electron chi connectivity index (χ2n) is 11.1. The van der Waals surface area contributed by atoms with Gasteiger partial charge in [-0.3, -0.25) is 0 Å². The third-order valence-electron chi connectivity index (χ3n) is 8.49. The van der Waals surface area contributed by atoms with Gasteiger partial charge in [0.1, 0.15) is 23.2 Å². The normalized spacial score (nSPS) is 27.8. The van der Waals surface area contributed by atoms with Crippen molar-refractivity contribution in [1.82, 2.24) is 14.9 Å². The lowest BCUT2D eigenvalue weighted by Crippen LogP contribution is -2.60. The minimum atomic E-state index is -4.79. The first kappa shape index (κ1) is 26.5. The van der Waals surface area contributed by atoms with Gasteiger partial charge in [-0.2, -0.15) is 10.2 Å². The van der Waals surface area contributed by atoms with Crippen molar-refractivity contribution in [3.63, 3.8) is 0 Å². The summed E-state index contributed by atoms with van der Waals surface area (Å²) in [5, 5.41) is 25.5. The second kappa shape index (κ2) is 10.6. The number of ether oxygens (including phenoxy) is 1. The largest absolute Gasteiger partial charge is 0.573 e. The summed E-state index contributed by atoms with van der Waals surface area (Å²) < 4.78 is 42.4. The van der Waals surface area contributed by atoms with Crippen LogP contribution in [-0.4, -0.2) is 59.1 Å². The van der Waals surface area contributed by atoms with Crippen molar-refractivity contribution in [3.05, 3.63) is 41.6 Å². The fraction of sp³-hybridized carbons (Fsp3) is 0.593. The molecule has 3 N–H and O–H groups in total. The maximum absolute atomic E-state index is 12.8. The molecule has 4 bridgehead atoms. The molecule has 1 aromatic heterocycles. The predicted octanol–water partition coefficient (Wildman–Crippen LogP) is 4.39. The summed E-state index contributed by atoms with van der Waals surface area (Å²) in [6, 6.07) is 8.55. The van der Waals surface area contributed by atoms with Crippen LogP contribution >= 0.6 is 0 Å². The Kier molecular flexibility index (Phi) is 7.38. The molecule has 4 fully saturated rings. The SMILES string of the molecule is CN(CCO)C1[C@@H]2CC3C[C@H]1CC(CNc1nc(NCc4ccccc4OC(F)(F)F)ncc1C#N)(C3)C2. The summed E-state index contributed by atoms with van der Waals surface area (Å²) in [7, 11) is 2.12. The first-order valence-electron chi connectivity index (χ1n) is 13.1. The lowest BCUT2D eigenvalue weighted by atomic mass is 9.47. The Morgan fingerprint density at radius 2 is 1.92 bits per heavy atom. The molecule has 204 valence electrons. The zero-order valence-corrected chi connectivity index (χ0v) is 21.3. The van der Waals surface area contributed by atoms with Crippen molar-refractivity contribution in [2.45, 2.75) is 51.1 Å². The number of likely N-dealkylation sites (N-methyl/N-ethyl adjacent to an activating group) is 1. The molecule has 4 aliphatic carbocycles. The molecule has 8 nitrogen and oxygen atoms in total. The number of hydrogen-bond donors (Lipinski definition) is 3. The van der Waals surface area contributed by atoms with E-state index in [-0.39, 0.29) is 30.3 Å². The molecular formula is C27H33F3N6O2. The molecule has 5 atom stereocenters. The van der Waals surface area contributed by atoms with Crippen LogP contribution in [0.15, 0.2) is 30.5 Å². The van der Waals surface area contributed by atoms with Crippen LogP contribution in [0.25, 0.3) is 0 Å². The molecule has 2 aromatic rings. The topological polar surface area (TPSA) is 106 Å². The van der Waals surface area contributed by atoms with Crippen LogP contribution < -0.4 is 15.4 Å². The van der Waals surface area contributed by atoms with E-state index in [4.69, 9.17) is 0 Å². The number of nitrogens with one attached hydrogen (secondary N) is 2. The summed E-state index contributed by atoms with van der Waals surface area (Å²) in [5.74, 6) is 2.28. The Balaban J connectivity index is 1.26. The molecule has 11 heteroatoms. The molecule has 0 radical (unpaired) electrons. The first-order valence-corrected chi connectivity index (χ1v) is 13.1. The lowest BCUT2D eigenvalue weighted by Gasteiger charge is -2.62. The number of para-hydroxylation sites is 1. The minimum absolute atomic E-state index is 0.0231. The van der Waals surface area contributed by atoms with E-state index in [2.05, 4.69) is 43.4 Å². The molecule has 6 rings (SSSR count). The van der Waals surface area contributed by atoms with E-state index in [1.54, 1.807) is 6.07 Å². The van der Waals surface area contributed by atoms with Crippen LogP contribution in [0, 0.1) is 34.5 Å². The number of rotatable bonds is 10. The van der Waals surface area contributed by atoms with Gasteiger partial charge in [-0.15, -0.1) is 13.2 Å². The fourth-order valence-corrected chi connectivity index (χ4v) is 7.41. The standard InChI is InChI=1S/C27H33F3N6O2/c1-36(6-7-37)23-19-8-17-9-20(23)12-26(10-17,11-19)16-34-24-21(13-31)15-33-25(35-24)32-14-18-4-2-3-5-22(18)38-27(28,29)30/h2-5,15,17,19-20,23,37H,6-12,14,16H2,1H3,(H2,32,33,34,35)/t17?,19-,20+,23?,26?. The monoisotopic (exact) mass is 530 g/mol. The van der Waals surface area contributed by atoms with Crippen LogP contribution in [0.1, 0.15) is 43.2 Å². The third-order valence-corrected chi connectivity index (χ3v) is 8.49. The van der Waals surface area contributed by atoms with E-state index in [0.29, 0.717) is 53.8 Å². The number of nitriles is 1. The van der Waals surface area contributed by atoms with E-state index < -0.39 is 6.36 Å². The molecular weight excluding hydrogens is 497 g/mol. The number of aliphatic hydroxyl groups is 1. The number of halogens is 3. The second-order valence-corrected chi connectivity index (χ2v) is 11.1. The number of nitrogens with zero attached hydrogens (tertiary/aromatic N) is 4. The Hall–Kier alpha value is -3.10. The zero-order chi connectivity index (χ0) is 26.9. The van der Waals surface area contributed by atoms with Gasteiger partial charge in [0.05, 0.1) is 12.8 Å². The highest BCUT2D eigenvalue weighted by atomic mass is 19.4. The van der Waals surface area contributed by atoms with Gasteiger partial charge in [0.15, 0.2) is 0 Å². The number of anilines is 2. The van der Waals surface area contributed by atoms with Gasteiger partial charge in [-0.1, -0.05) is 18.2 Å². The molecule has 1 aromatic carbocycles. The van der Waals surface area contributed by atoms with Crippen molar-refractivity contribution >= 4 is 11.8 Å². The van der Waals surface area contributed by atoms with E-state index in [0.717, 1.165) is 19.3 Å². The van der Waals surface area contributed by atoms with Gasteiger partial charge >= 0.3 is 6.36 Å².